The third kappa shape index (κ3) is 2.52. The van der Waals surface area contributed by atoms with Gasteiger partial charge in [-0.25, -0.2) is 0 Å². The van der Waals surface area contributed by atoms with Gasteiger partial charge in [-0.15, -0.1) is 0 Å². The van der Waals surface area contributed by atoms with Crippen LogP contribution < -0.4 is 5.43 Å². The molecule has 0 spiro atoms. The molecule has 3 N–H and O–H groups in total. The first-order chi connectivity index (χ1) is 9.27. The SMILES string of the molecule is Cc1cc(=O)c(O)c(O)c2c1CC(C(C)(O)CS)CC2. The fourth-order valence-corrected chi connectivity index (χ4v) is 3.13. The highest BCUT2D eigenvalue weighted by Crippen LogP contribution is 2.39. The molecular formula is C15H20O4S. The van der Waals surface area contributed by atoms with Crippen molar-refractivity contribution < 1.29 is 15.3 Å². The number of thiol groups is 1. The smallest absolute Gasteiger partial charge is 0.224 e. The Balaban J connectivity index is 2.56. The molecule has 0 saturated carbocycles. The Kier molecular flexibility index (Phi) is 4.02. The molecule has 0 aromatic heterocycles. The lowest BCUT2D eigenvalue weighted by Crippen LogP contribution is -2.39. The molecule has 0 fully saturated rings. The van der Waals surface area contributed by atoms with Gasteiger partial charge in [0.2, 0.25) is 11.2 Å². The summed E-state index contributed by atoms with van der Waals surface area (Å²) in [6.07, 6.45) is 1.78. The van der Waals surface area contributed by atoms with E-state index < -0.39 is 16.8 Å². The second-order valence-electron chi connectivity index (χ2n) is 5.80. The fraction of sp³-hybridized carbons (Fsp3) is 0.533. The van der Waals surface area contributed by atoms with Gasteiger partial charge in [0.1, 0.15) is 0 Å². The zero-order valence-electron chi connectivity index (χ0n) is 11.7. The molecule has 2 atom stereocenters. The molecular weight excluding hydrogens is 276 g/mol. The summed E-state index contributed by atoms with van der Waals surface area (Å²) in [6.45, 7) is 3.54. The zero-order chi connectivity index (χ0) is 15.1. The monoisotopic (exact) mass is 296 g/mol. The first-order valence-corrected chi connectivity index (χ1v) is 7.32. The van der Waals surface area contributed by atoms with Gasteiger partial charge < -0.3 is 15.3 Å². The van der Waals surface area contributed by atoms with Crippen LogP contribution in [-0.4, -0.2) is 26.7 Å². The first-order valence-electron chi connectivity index (χ1n) is 6.68. The van der Waals surface area contributed by atoms with Crippen molar-refractivity contribution in [1.29, 1.82) is 0 Å². The van der Waals surface area contributed by atoms with Crippen molar-refractivity contribution >= 4 is 12.6 Å². The highest BCUT2D eigenvalue weighted by molar-refractivity contribution is 7.80. The minimum atomic E-state index is -0.889. The number of aliphatic hydroxyl groups is 1. The molecule has 0 heterocycles. The van der Waals surface area contributed by atoms with Crippen LogP contribution >= 0.6 is 12.6 Å². The molecule has 0 amide bonds. The summed E-state index contributed by atoms with van der Waals surface area (Å²) in [5.74, 6) is -0.532. The maximum absolute atomic E-state index is 11.7. The summed E-state index contributed by atoms with van der Waals surface area (Å²) >= 11 is 4.19. The summed E-state index contributed by atoms with van der Waals surface area (Å²) in [6, 6.07) is 1.34. The lowest BCUT2D eigenvalue weighted by molar-refractivity contribution is 0.0158. The largest absolute Gasteiger partial charge is 0.504 e. The van der Waals surface area contributed by atoms with Crippen LogP contribution in [0.3, 0.4) is 0 Å². The standard InChI is InChI=1S/C15H20O4S/c1-8-5-12(16)14(18)13(17)10-4-3-9(6-11(8)10)15(2,19)7-20/h5,9,19-20H,3-4,6-7H2,1-2H3,(H2,16,17,18). The molecule has 5 heteroatoms. The van der Waals surface area contributed by atoms with Crippen LogP contribution in [0.2, 0.25) is 0 Å². The summed E-state index contributed by atoms with van der Waals surface area (Å²) in [5, 5.41) is 30.1. The van der Waals surface area contributed by atoms with Gasteiger partial charge in [-0.05, 0) is 56.2 Å². The molecule has 1 aromatic rings. The average molecular weight is 296 g/mol. The van der Waals surface area contributed by atoms with Crippen molar-refractivity contribution in [2.24, 2.45) is 5.92 Å². The normalized spacial score (nSPS) is 21.1. The molecule has 2 rings (SSSR count). The van der Waals surface area contributed by atoms with E-state index in [0.29, 0.717) is 30.6 Å². The Hall–Kier alpha value is -1.20. The number of aromatic hydroxyl groups is 2. The predicted octanol–water partition coefficient (Wildman–Crippen LogP) is 1.55. The summed E-state index contributed by atoms with van der Waals surface area (Å²) in [5.41, 5.74) is 0.735. The molecule has 4 nitrogen and oxygen atoms in total. The molecule has 0 aliphatic heterocycles. The van der Waals surface area contributed by atoms with Crippen LogP contribution in [0, 0.1) is 12.8 Å². The van der Waals surface area contributed by atoms with Gasteiger partial charge in [0.25, 0.3) is 0 Å². The van der Waals surface area contributed by atoms with Gasteiger partial charge in [0, 0.05) is 11.3 Å². The van der Waals surface area contributed by atoms with Crippen LogP contribution in [0.5, 0.6) is 11.5 Å². The number of rotatable bonds is 2. The van der Waals surface area contributed by atoms with E-state index in [0.717, 1.165) is 11.1 Å². The van der Waals surface area contributed by atoms with Gasteiger partial charge in [0.15, 0.2) is 5.75 Å². The van der Waals surface area contributed by atoms with Crippen molar-refractivity contribution in [3.8, 4) is 11.5 Å². The van der Waals surface area contributed by atoms with Crippen LogP contribution in [0.15, 0.2) is 10.9 Å². The van der Waals surface area contributed by atoms with Crippen LogP contribution in [0.4, 0.5) is 0 Å². The Morgan fingerprint density at radius 3 is 2.60 bits per heavy atom. The number of hydrogen-bond acceptors (Lipinski definition) is 5. The highest BCUT2D eigenvalue weighted by atomic mass is 32.1. The topological polar surface area (TPSA) is 77.8 Å². The zero-order valence-corrected chi connectivity index (χ0v) is 12.6. The van der Waals surface area contributed by atoms with E-state index in [9.17, 15) is 20.1 Å². The van der Waals surface area contributed by atoms with E-state index in [4.69, 9.17) is 0 Å². The number of fused-ring (bicyclic) bond motifs is 1. The van der Waals surface area contributed by atoms with Crippen molar-refractivity contribution in [2.45, 2.75) is 38.7 Å². The van der Waals surface area contributed by atoms with Crippen molar-refractivity contribution in [2.75, 3.05) is 5.75 Å². The molecule has 0 bridgehead atoms. The molecule has 2 unspecified atom stereocenters. The molecule has 1 aliphatic carbocycles. The molecule has 1 aromatic carbocycles. The van der Waals surface area contributed by atoms with E-state index in [2.05, 4.69) is 12.6 Å². The Morgan fingerprint density at radius 1 is 1.35 bits per heavy atom. The highest BCUT2D eigenvalue weighted by Gasteiger charge is 2.35. The van der Waals surface area contributed by atoms with Gasteiger partial charge in [-0.3, -0.25) is 4.79 Å². The minimum absolute atomic E-state index is 0.0187. The summed E-state index contributed by atoms with van der Waals surface area (Å²) in [7, 11) is 0. The molecule has 0 saturated heterocycles. The van der Waals surface area contributed by atoms with E-state index in [1.807, 2.05) is 0 Å². The molecule has 0 radical (unpaired) electrons. The number of aryl methyl sites for hydroxylation is 1. The van der Waals surface area contributed by atoms with E-state index >= 15 is 0 Å². The second-order valence-corrected chi connectivity index (χ2v) is 6.12. The quantitative estimate of drug-likeness (QED) is 0.625. The second kappa shape index (κ2) is 5.30. The van der Waals surface area contributed by atoms with Crippen LogP contribution in [-0.2, 0) is 12.8 Å². The van der Waals surface area contributed by atoms with E-state index in [-0.39, 0.29) is 11.7 Å². The first kappa shape index (κ1) is 15.2. The lowest BCUT2D eigenvalue weighted by Gasteiger charge is -2.35. The van der Waals surface area contributed by atoms with Gasteiger partial charge in [-0.2, -0.15) is 12.6 Å². The molecule has 1 aliphatic rings. The predicted molar refractivity (Wildman–Crippen MR) is 80.8 cm³/mol. The summed E-state index contributed by atoms with van der Waals surface area (Å²) in [4.78, 5) is 11.7. The molecule has 20 heavy (non-hydrogen) atoms. The van der Waals surface area contributed by atoms with Crippen LogP contribution in [0.25, 0.3) is 0 Å². The Morgan fingerprint density at radius 2 is 2.00 bits per heavy atom. The van der Waals surface area contributed by atoms with Crippen molar-refractivity contribution in [3.05, 3.63) is 33.0 Å². The van der Waals surface area contributed by atoms with E-state index in [1.165, 1.54) is 6.07 Å². The average Bonchev–Trinajstić information content (AvgIpc) is 2.51. The third-order valence-electron chi connectivity index (χ3n) is 4.32. The Labute approximate surface area is 123 Å². The Bertz CT molecular complexity index is 595. The molecule has 110 valence electrons. The maximum Gasteiger partial charge on any atom is 0.224 e. The third-order valence-corrected chi connectivity index (χ3v) is 4.96. The van der Waals surface area contributed by atoms with Gasteiger partial charge >= 0.3 is 0 Å². The maximum atomic E-state index is 11.7. The van der Waals surface area contributed by atoms with Crippen LogP contribution in [0.1, 0.15) is 30.0 Å². The van der Waals surface area contributed by atoms with E-state index in [1.54, 1.807) is 13.8 Å². The minimum Gasteiger partial charge on any atom is -0.504 e. The van der Waals surface area contributed by atoms with Crippen molar-refractivity contribution in [3.63, 3.8) is 0 Å². The van der Waals surface area contributed by atoms with Gasteiger partial charge in [-0.1, -0.05) is 0 Å². The fourth-order valence-electron chi connectivity index (χ4n) is 2.87. The summed E-state index contributed by atoms with van der Waals surface area (Å²) < 4.78 is 0. The van der Waals surface area contributed by atoms with Crippen molar-refractivity contribution in [1.82, 2.24) is 0 Å². The number of hydrogen-bond donors (Lipinski definition) is 4. The lowest BCUT2D eigenvalue weighted by atomic mass is 9.75. The van der Waals surface area contributed by atoms with Gasteiger partial charge in [0.05, 0.1) is 5.60 Å².